The molecule has 0 atom stereocenters. The maximum atomic E-state index is 12.6. The lowest BCUT2D eigenvalue weighted by atomic mass is 9.71. The van der Waals surface area contributed by atoms with E-state index in [4.69, 9.17) is 5.14 Å². The highest BCUT2D eigenvalue weighted by atomic mass is 32.2. The molecular weight excluding hydrogens is 400 g/mol. The third kappa shape index (κ3) is 3.25. The van der Waals surface area contributed by atoms with Gasteiger partial charge in [-0.25, -0.2) is 13.6 Å². The maximum absolute atomic E-state index is 12.6. The Kier molecular flexibility index (Phi) is 4.81. The van der Waals surface area contributed by atoms with Gasteiger partial charge in [0.05, 0.1) is 4.90 Å². The van der Waals surface area contributed by atoms with Crippen LogP contribution in [0.5, 0.6) is 0 Å². The van der Waals surface area contributed by atoms with Gasteiger partial charge in [0.2, 0.25) is 10.0 Å². The van der Waals surface area contributed by atoms with Crippen LogP contribution in [0.25, 0.3) is 0 Å². The highest BCUT2D eigenvalue weighted by Crippen LogP contribution is 2.57. The van der Waals surface area contributed by atoms with Gasteiger partial charge in [0.25, 0.3) is 0 Å². The summed E-state index contributed by atoms with van der Waals surface area (Å²) in [6.45, 7) is 1.99. The van der Waals surface area contributed by atoms with Crippen LogP contribution >= 0.6 is 11.8 Å². The van der Waals surface area contributed by atoms with Gasteiger partial charge in [-0.3, -0.25) is 0 Å². The number of benzene rings is 2. The third-order valence-electron chi connectivity index (χ3n) is 7.17. The number of piperidine rings is 1. The van der Waals surface area contributed by atoms with Crippen LogP contribution in [0.15, 0.2) is 51.1 Å². The molecule has 2 N–H and O–H groups in total. The molecule has 1 aliphatic carbocycles. The Morgan fingerprint density at radius 3 is 2.41 bits per heavy atom. The van der Waals surface area contributed by atoms with E-state index in [0.29, 0.717) is 4.90 Å². The quantitative estimate of drug-likeness (QED) is 0.767. The average molecular weight is 429 g/mol. The Hall–Kier alpha value is -1.34. The van der Waals surface area contributed by atoms with Crippen molar-refractivity contribution < 1.29 is 8.42 Å². The molecule has 0 amide bonds. The molecule has 6 heteroatoms. The molecule has 2 aromatic carbocycles. The highest BCUT2D eigenvalue weighted by Gasteiger charge is 2.44. The van der Waals surface area contributed by atoms with Crippen molar-refractivity contribution in [3.05, 3.63) is 53.1 Å². The fraction of sp³-hybridized carbons (Fsp3) is 0.478. The van der Waals surface area contributed by atoms with Gasteiger partial charge in [0, 0.05) is 15.2 Å². The van der Waals surface area contributed by atoms with Crippen LogP contribution in [-0.2, 0) is 15.4 Å². The Morgan fingerprint density at radius 1 is 1.03 bits per heavy atom. The molecule has 29 heavy (non-hydrogen) atoms. The molecule has 0 aromatic heterocycles. The average Bonchev–Trinajstić information content (AvgIpc) is 3.18. The second kappa shape index (κ2) is 7.12. The lowest BCUT2D eigenvalue weighted by molar-refractivity contribution is 0.254. The van der Waals surface area contributed by atoms with E-state index in [9.17, 15) is 8.42 Å². The monoisotopic (exact) mass is 428 g/mol. The fourth-order valence-corrected chi connectivity index (χ4v) is 7.86. The minimum atomic E-state index is -3.77. The van der Waals surface area contributed by atoms with Gasteiger partial charge in [-0.15, -0.1) is 0 Å². The molecule has 0 bridgehead atoms. The number of sulfonamides is 1. The molecule has 0 radical (unpaired) electrons. The molecule has 154 valence electrons. The minimum absolute atomic E-state index is 0.0221. The van der Waals surface area contributed by atoms with Crippen LogP contribution in [0, 0.1) is 0 Å². The Morgan fingerprint density at radius 2 is 1.72 bits per heavy atom. The lowest BCUT2D eigenvalue weighted by Crippen LogP contribution is -2.32. The van der Waals surface area contributed by atoms with Crippen LogP contribution in [0.4, 0.5) is 0 Å². The standard InChI is InChI=1S/C23H28N2O2S2/c1-25-12-8-16(9-13-25)17-14-19-21(15-22(17)29(24,26)27)28-20-7-3-2-6-18(20)23(19)10-4-5-11-23/h2-3,6-7,14-16H,4-5,8-13H2,1H3,(H2,24,26,27). The van der Waals surface area contributed by atoms with E-state index in [0.717, 1.165) is 49.2 Å². The van der Waals surface area contributed by atoms with Crippen molar-refractivity contribution in [2.45, 2.75) is 64.5 Å². The van der Waals surface area contributed by atoms with Gasteiger partial charge in [0.1, 0.15) is 0 Å². The Labute approximate surface area is 177 Å². The summed E-state index contributed by atoms with van der Waals surface area (Å²) in [4.78, 5) is 4.99. The molecule has 2 aliphatic heterocycles. The Bertz CT molecular complexity index is 1050. The summed E-state index contributed by atoms with van der Waals surface area (Å²) in [5.41, 5.74) is 3.73. The molecule has 1 saturated heterocycles. The summed E-state index contributed by atoms with van der Waals surface area (Å²) in [7, 11) is -1.64. The number of likely N-dealkylation sites (tertiary alicyclic amines) is 1. The number of hydrogen-bond acceptors (Lipinski definition) is 4. The topological polar surface area (TPSA) is 63.4 Å². The molecule has 4 nitrogen and oxygen atoms in total. The second-order valence-corrected chi connectivity index (χ2v) is 11.5. The van der Waals surface area contributed by atoms with Crippen molar-refractivity contribution in [1.82, 2.24) is 4.90 Å². The number of hydrogen-bond donors (Lipinski definition) is 1. The van der Waals surface area contributed by atoms with E-state index in [2.05, 4.69) is 42.3 Å². The summed E-state index contributed by atoms with van der Waals surface area (Å²) in [6.07, 6.45) is 6.68. The van der Waals surface area contributed by atoms with E-state index >= 15 is 0 Å². The number of rotatable bonds is 2. The van der Waals surface area contributed by atoms with Gasteiger partial charge >= 0.3 is 0 Å². The first-order valence-electron chi connectivity index (χ1n) is 10.6. The predicted octanol–water partition coefficient (Wildman–Crippen LogP) is 4.47. The van der Waals surface area contributed by atoms with Crippen LogP contribution in [0.3, 0.4) is 0 Å². The number of nitrogens with two attached hydrogens (primary N) is 1. The zero-order valence-electron chi connectivity index (χ0n) is 16.9. The van der Waals surface area contributed by atoms with Gasteiger partial charge in [-0.05, 0) is 80.6 Å². The van der Waals surface area contributed by atoms with Crippen molar-refractivity contribution in [2.75, 3.05) is 20.1 Å². The van der Waals surface area contributed by atoms with Crippen molar-refractivity contribution in [1.29, 1.82) is 0 Å². The van der Waals surface area contributed by atoms with E-state index in [1.54, 1.807) is 11.8 Å². The summed E-state index contributed by atoms with van der Waals surface area (Å²) < 4.78 is 25.1. The summed E-state index contributed by atoms with van der Waals surface area (Å²) in [5.74, 6) is 0.255. The molecule has 1 spiro atoms. The fourth-order valence-electron chi connectivity index (χ4n) is 5.65. The SMILES string of the molecule is CN1CCC(c2cc3c(cc2S(N)(=O)=O)Sc2ccccc2C32CCCC2)CC1. The van der Waals surface area contributed by atoms with Crippen molar-refractivity contribution in [2.24, 2.45) is 5.14 Å². The number of nitrogens with zero attached hydrogens (tertiary/aromatic N) is 1. The van der Waals surface area contributed by atoms with Crippen LogP contribution in [0.1, 0.15) is 61.1 Å². The van der Waals surface area contributed by atoms with E-state index in [-0.39, 0.29) is 11.3 Å². The molecule has 2 fully saturated rings. The predicted molar refractivity (Wildman–Crippen MR) is 117 cm³/mol. The lowest BCUT2D eigenvalue weighted by Gasteiger charge is -2.39. The molecule has 2 heterocycles. The summed E-state index contributed by atoms with van der Waals surface area (Å²) in [6, 6.07) is 12.8. The largest absolute Gasteiger partial charge is 0.306 e. The Balaban J connectivity index is 1.71. The molecule has 3 aliphatic rings. The molecule has 0 unspecified atom stereocenters. The van der Waals surface area contributed by atoms with E-state index in [1.165, 1.54) is 28.9 Å². The van der Waals surface area contributed by atoms with Crippen LogP contribution < -0.4 is 5.14 Å². The highest BCUT2D eigenvalue weighted by molar-refractivity contribution is 7.99. The van der Waals surface area contributed by atoms with Crippen LogP contribution in [0.2, 0.25) is 0 Å². The smallest absolute Gasteiger partial charge is 0.238 e. The van der Waals surface area contributed by atoms with Crippen molar-refractivity contribution >= 4 is 21.8 Å². The first-order valence-corrected chi connectivity index (χ1v) is 12.9. The van der Waals surface area contributed by atoms with Gasteiger partial charge in [-0.2, -0.15) is 0 Å². The van der Waals surface area contributed by atoms with Gasteiger partial charge in [-0.1, -0.05) is 48.9 Å². The zero-order chi connectivity index (χ0) is 20.2. The van der Waals surface area contributed by atoms with Gasteiger partial charge in [0.15, 0.2) is 0 Å². The first-order chi connectivity index (χ1) is 13.9. The normalized spacial score (nSPS) is 21.9. The van der Waals surface area contributed by atoms with E-state index in [1.807, 2.05) is 6.07 Å². The molecule has 1 saturated carbocycles. The number of primary sulfonamides is 1. The van der Waals surface area contributed by atoms with Crippen LogP contribution in [-0.4, -0.2) is 33.5 Å². The van der Waals surface area contributed by atoms with Gasteiger partial charge < -0.3 is 4.90 Å². The van der Waals surface area contributed by atoms with Crippen molar-refractivity contribution in [3.63, 3.8) is 0 Å². The van der Waals surface area contributed by atoms with Crippen molar-refractivity contribution in [3.8, 4) is 0 Å². The number of fused-ring (bicyclic) bond motifs is 4. The molecular formula is C23H28N2O2S2. The summed E-state index contributed by atoms with van der Waals surface area (Å²) >= 11 is 1.70. The zero-order valence-corrected chi connectivity index (χ0v) is 18.5. The third-order valence-corrected chi connectivity index (χ3v) is 9.27. The molecule has 5 rings (SSSR count). The minimum Gasteiger partial charge on any atom is -0.306 e. The second-order valence-electron chi connectivity index (χ2n) is 8.90. The molecule has 2 aromatic rings. The first kappa shape index (κ1) is 19.6. The summed E-state index contributed by atoms with van der Waals surface area (Å²) in [5, 5.41) is 5.72. The maximum Gasteiger partial charge on any atom is 0.238 e. The van der Waals surface area contributed by atoms with E-state index < -0.39 is 10.0 Å².